The Morgan fingerprint density at radius 1 is 1.05 bits per heavy atom. The molecule has 2 aromatic heterocycles. The Balaban J connectivity index is 1.59. The number of nitriles is 1. The second-order valence-electron chi connectivity index (χ2n) is 10.1. The second-order valence-corrected chi connectivity index (χ2v) is 10.1. The lowest BCUT2D eigenvalue weighted by atomic mass is 9.57. The first kappa shape index (κ1) is 23.1. The fraction of sp³-hybridized carbons (Fsp3) is 0.226. The molecular weight excluding hydrogens is 463 g/mol. The molecule has 3 atom stereocenters. The van der Waals surface area contributed by atoms with Crippen molar-refractivity contribution in [3.63, 3.8) is 0 Å². The quantitative estimate of drug-likeness (QED) is 0.343. The maximum Gasteiger partial charge on any atom is 0.176 e. The minimum absolute atomic E-state index is 0.0182. The Morgan fingerprint density at radius 3 is 2.46 bits per heavy atom. The predicted octanol–water partition coefficient (Wildman–Crippen LogP) is 6.23. The van der Waals surface area contributed by atoms with E-state index >= 15 is 4.39 Å². The van der Waals surface area contributed by atoms with Gasteiger partial charge in [0, 0.05) is 34.9 Å². The van der Waals surface area contributed by atoms with Gasteiger partial charge in [-0.2, -0.15) is 10.4 Å². The van der Waals surface area contributed by atoms with E-state index in [0.717, 1.165) is 34.5 Å². The molecule has 0 amide bonds. The van der Waals surface area contributed by atoms with Gasteiger partial charge in [0.1, 0.15) is 11.9 Å². The van der Waals surface area contributed by atoms with E-state index in [1.54, 1.807) is 24.5 Å². The molecule has 0 radical (unpaired) electrons. The van der Waals surface area contributed by atoms with E-state index in [9.17, 15) is 10.1 Å². The third-order valence-corrected chi connectivity index (χ3v) is 8.07. The number of ketones is 1. The van der Waals surface area contributed by atoms with Crippen molar-refractivity contribution in [1.82, 2.24) is 14.8 Å². The molecule has 0 aliphatic heterocycles. The predicted molar refractivity (Wildman–Crippen MR) is 139 cm³/mol. The summed E-state index contributed by atoms with van der Waals surface area (Å²) in [6, 6.07) is 20.8. The monoisotopic (exact) mass is 488 g/mol. The van der Waals surface area contributed by atoms with Crippen LogP contribution in [0.5, 0.6) is 0 Å². The number of Topliss-reactive ketones (excluding diaryl/α,β-unsaturated/α-hetero) is 1. The number of carbonyl (C=O) groups excluding carboxylic acids is 1. The Hall–Kier alpha value is -4.37. The standard InChI is InChI=1S/C31H25FN4O/c1-19-26-12-11-25-28(24-5-3-4-6-27(24)32)35-36(30(25)31(26,2)17-22(18-33)29(19)37)23-9-7-20(8-10-23)21-13-15-34-16-14-21/h3-10,13-17,19,26H,11-12H2,1-2H3/t19-,26-,31-/m1/s1. The number of pyridine rings is 1. The number of rotatable bonds is 3. The highest BCUT2D eigenvalue weighted by atomic mass is 19.1. The van der Waals surface area contributed by atoms with Gasteiger partial charge in [-0.25, -0.2) is 9.07 Å². The third kappa shape index (κ3) is 3.54. The first-order chi connectivity index (χ1) is 17.9. The molecule has 0 bridgehead atoms. The van der Waals surface area contributed by atoms with Crippen molar-refractivity contribution in [3.8, 4) is 34.1 Å². The molecular formula is C31H25FN4O. The fourth-order valence-electron chi connectivity index (χ4n) is 6.24. The number of nitrogens with zero attached hydrogens (tertiary/aromatic N) is 4. The van der Waals surface area contributed by atoms with Crippen LogP contribution in [0, 0.1) is 29.0 Å². The van der Waals surface area contributed by atoms with Gasteiger partial charge in [-0.1, -0.05) is 44.2 Å². The van der Waals surface area contributed by atoms with Crippen LogP contribution in [0.1, 0.15) is 31.5 Å². The molecule has 37 heavy (non-hydrogen) atoms. The normalized spacial score (nSPS) is 22.5. The number of halogens is 1. The average molecular weight is 489 g/mol. The zero-order chi connectivity index (χ0) is 25.7. The molecule has 0 saturated heterocycles. The highest BCUT2D eigenvalue weighted by Crippen LogP contribution is 2.52. The van der Waals surface area contributed by atoms with E-state index in [-0.39, 0.29) is 29.0 Å². The Labute approximate surface area is 214 Å². The zero-order valence-corrected chi connectivity index (χ0v) is 20.6. The van der Waals surface area contributed by atoms with E-state index in [4.69, 9.17) is 5.10 Å². The summed E-state index contributed by atoms with van der Waals surface area (Å²) >= 11 is 0. The Bertz CT molecular complexity index is 1600. The van der Waals surface area contributed by atoms with Gasteiger partial charge in [0.15, 0.2) is 5.78 Å². The van der Waals surface area contributed by atoms with Crippen molar-refractivity contribution in [2.24, 2.45) is 11.8 Å². The lowest BCUT2D eigenvalue weighted by Gasteiger charge is -2.45. The van der Waals surface area contributed by atoms with Gasteiger partial charge in [-0.3, -0.25) is 9.78 Å². The number of hydrogen-bond acceptors (Lipinski definition) is 4. The molecule has 0 unspecified atom stereocenters. The molecule has 0 fully saturated rings. The smallest absolute Gasteiger partial charge is 0.176 e. The molecule has 0 spiro atoms. The minimum Gasteiger partial charge on any atom is -0.293 e. The van der Waals surface area contributed by atoms with Crippen molar-refractivity contribution in [2.45, 2.75) is 32.1 Å². The zero-order valence-electron chi connectivity index (χ0n) is 20.6. The van der Waals surface area contributed by atoms with Crippen LogP contribution in [0.2, 0.25) is 0 Å². The van der Waals surface area contributed by atoms with Crippen LogP contribution in [-0.2, 0) is 16.6 Å². The molecule has 4 aromatic rings. The number of benzene rings is 2. The summed E-state index contributed by atoms with van der Waals surface area (Å²) in [6.07, 6.45) is 6.80. The topological polar surface area (TPSA) is 71.6 Å². The third-order valence-electron chi connectivity index (χ3n) is 8.07. The minimum atomic E-state index is -0.605. The molecule has 6 heteroatoms. The second kappa shape index (κ2) is 8.63. The first-order valence-electron chi connectivity index (χ1n) is 12.5. The number of hydrogen-bond donors (Lipinski definition) is 0. The van der Waals surface area contributed by atoms with E-state index in [1.807, 2.05) is 60.1 Å². The van der Waals surface area contributed by atoms with E-state index < -0.39 is 5.41 Å². The van der Waals surface area contributed by atoms with Crippen molar-refractivity contribution in [2.75, 3.05) is 0 Å². The van der Waals surface area contributed by atoms with Gasteiger partial charge >= 0.3 is 0 Å². The molecule has 182 valence electrons. The molecule has 0 saturated carbocycles. The number of fused-ring (bicyclic) bond motifs is 3. The van der Waals surface area contributed by atoms with Crippen LogP contribution in [0.4, 0.5) is 4.39 Å². The van der Waals surface area contributed by atoms with Crippen molar-refractivity contribution >= 4 is 5.78 Å². The maximum absolute atomic E-state index is 15.0. The first-order valence-corrected chi connectivity index (χ1v) is 12.5. The maximum atomic E-state index is 15.0. The number of aromatic nitrogens is 3. The summed E-state index contributed by atoms with van der Waals surface area (Å²) < 4.78 is 16.9. The molecule has 2 heterocycles. The van der Waals surface area contributed by atoms with Gasteiger partial charge in [0.25, 0.3) is 0 Å². The summed E-state index contributed by atoms with van der Waals surface area (Å²) in [5.74, 6) is -0.692. The van der Waals surface area contributed by atoms with Crippen molar-refractivity contribution < 1.29 is 9.18 Å². The van der Waals surface area contributed by atoms with Gasteiger partial charge in [0.05, 0.1) is 22.6 Å². The van der Waals surface area contributed by atoms with Gasteiger partial charge in [-0.05, 0) is 66.3 Å². The highest BCUT2D eigenvalue weighted by Gasteiger charge is 2.50. The van der Waals surface area contributed by atoms with E-state index in [0.29, 0.717) is 17.7 Å². The van der Waals surface area contributed by atoms with E-state index in [1.165, 1.54) is 6.07 Å². The van der Waals surface area contributed by atoms with Crippen LogP contribution >= 0.6 is 0 Å². The van der Waals surface area contributed by atoms with Crippen molar-refractivity contribution in [3.05, 3.63) is 102 Å². The van der Waals surface area contributed by atoms with Gasteiger partial charge < -0.3 is 0 Å². The summed E-state index contributed by atoms with van der Waals surface area (Å²) in [4.78, 5) is 17.0. The van der Waals surface area contributed by atoms with Crippen LogP contribution < -0.4 is 0 Å². The van der Waals surface area contributed by atoms with Crippen LogP contribution in [0.3, 0.4) is 0 Å². The molecule has 5 nitrogen and oxygen atoms in total. The number of allylic oxidation sites excluding steroid dienone is 2. The summed E-state index contributed by atoms with van der Waals surface area (Å²) in [5.41, 5.74) is 5.50. The summed E-state index contributed by atoms with van der Waals surface area (Å²) in [5, 5.41) is 14.8. The molecule has 2 aliphatic rings. The molecule has 2 aliphatic carbocycles. The van der Waals surface area contributed by atoms with Crippen LogP contribution in [-0.4, -0.2) is 20.5 Å². The largest absolute Gasteiger partial charge is 0.293 e. The highest BCUT2D eigenvalue weighted by molar-refractivity contribution is 6.02. The van der Waals surface area contributed by atoms with Gasteiger partial charge in [0.2, 0.25) is 0 Å². The molecule has 6 rings (SSSR count). The molecule has 0 N–H and O–H groups in total. The number of carbonyl (C=O) groups is 1. The lowest BCUT2D eigenvalue weighted by Crippen LogP contribution is -2.46. The van der Waals surface area contributed by atoms with Gasteiger partial charge in [-0.15, -0.1) is 0 Å². The van der Waals surface area contributed by atoms with Crippen LogP contribution in [0.25, 0.3) is 28.1 Å². The summed E-state index contributed by atoms with van der Waals surface area (Å²) in [7, 11) is 0. The van der Waals surface area contributed by atoms with Crippen LogP contribution in [0.15, 0.2) is 84.7 Å². The fourth-order valence-corrected chi connectivity index (χ4v) is 6.24. The molecule has 2 aromatic carbocycles. The Morgan fingerprint density at radius 2 is 1.76 bits per heavy atom. The Kier molecular flexibility index (Phi) is 5.38. The summed E-state index contributed by atoms with van der Waals surface area (Å²) in [6.45, 7) is 4.01. The lowest BCUT2D eigenvalue weighted by molar-refractivity contribution is -0.121. The van der Waals surface area contributed by atoms with E-state index in [2.05, 4.69) is 18.0 Å². The van der Waals surface area contributed by atoms with Crippen molar-refractivity contribution in [1.29, 1.82) is 5.26 Å². The SMILES string of the molecule is C[C@H]1C(=O)C(C#N)=C[C@@]2(C)c3c(c(-c4ccccc4F)nn3-c3ccc(-c4ccncc4)cc3)CC[C@H]12. The average Bonchev–Trinajstić information content (AvgIpc) is 3.32.